The van der Waals surface area contributed by atoms with Gasteiger partial charge >= 0.3 is 0 Å². The third kappa shape index (κ3) is 6.62. The molecule has 1 aromatic rings. The summed E-state index contributed by atoms with van der Waals surface area (Å²) in [7, 11) is 3.47. The molecule has 2 rings (SSSR count). The molecule has 0 unspecified atom stereocenters. The molecular weight excluding hydrogens is 469 g/mol. The van der Waals surface area contributed by atoms with Gasteiger partial charge in [0, 0.05) is 28.3 Å². The van der Waals surface area contributed by atoms with E-state index in [4.69, 9.17) is 4.74 Å². The molecule has 1 aliphatic rings. The van der Waals surface area contributed by atoms with Gasteiger partial charge in [-0.1, -0.05) is 0 Å². The highest BCUT2D eigenvalue weighted by Crippen LogP contribution is 2.20. The molecule has 156 valence electrons. The third-order valence-electron chi connectivity index (χ3n) is 5.37. The molecule has 0 atom stereocenters. The van der Waals surface area contributed by atoms with Crippen LogP contribution in [0.4, 0.5) is 0 Å². The molecule has 0 spiro atoms. The minimum Gasteiger partial charge on any atom is -0.497 e. The number of methoxy groups -OCH3 is 1. The molecule has 1 fully saturated rings. The molecule has 1 heterocycles. The third-order valence-corrected chi connectivity index (χ3v) is 5.99. The van der Waals surface area contributed by atoms with Crippen LogP contribution in [0.15, 0.2) is 18.2 Å². The molecule has 1 aliphatic heterocycles. The van der Waals surface area contributed by atoms with Crippen LogP contribution in [0.3, 0.4) is 0 Å². The van der Waals surface area contributed by atoms with Crippen molar-refractivity contribution in [3.8, 4) is 5.75 Å². The molecule has 0 aliphatic carbocycles. The number of halogens is 1. The van der Waals surface area contributed by atoms with Crippen LogP contribution in [-0.4, -0.2) is 67.5 Å². The highest BCUT2D eigenvalue weighted by Gasteiger charge is 2.26. The van der Waals surface area contributed by atoms with Gasteiger partial charge in [0.05, 0.1) is 13.7 Å². The maximum absolute atomic E-state index is 12.5. The summed E-state index contributed by atoms with van der Waals surface area (Å²) in [5.41, 5.74) is 0.467. The van der Waals surface area contributed by atoms with Gasteiger partial charge in [0.2, 0.25) is 5.91 Å². The molecule has 28 heavy (non-hydrogen) atoms. The molecule has 1 saturated heterocycles. The summed E-state index contributed by atoms with van der Waals surface area (Å²) in [6.45, 7) is 9.05. The number of piperidine rings is 1. The van der Waals surface area contributed by atoms with E-state index in [0.717, 1.165) is 29.5 Å². The monoisotopic (exact) mass is 501 g/mol. The Morgan fingerprint density at radius 1 is 1.25 bits per heavy atom. The Morgan fingerprint density at radius 3 is 2.46 bits per heavy atom. The van der Waals surface area contributed by atoms with Crippen LogP contribution in [0.5, 0.6) is 5.75 Å². The van der Waals surface area contributed by atoms with Gasteiger partial charge in [-0.15, -0.1) is 0 Å². The van der Waals surface area contributed by atoms with E-state index in [1.54, 1.807) is 13.2 Å². The number of nitrogens with zero attached hydrogens (tertiary/aromatic N) is 2. The standard InChI is InChI=1S/C21H32IN3O3/c1-21(2,3)24(4)19(26)14-25-8-6-15(7-9-25)13-23-20(27)16-10-17(22)12-18(11-16)28-5/h10-12,15H,6-9,13-14H2,1-5H3,(H,23,27). The average Bonchev–Trinajstić information content (AvgIpc) is 2.65. The van der Waals surface area contributed by atoms with Crippen LogP contribution >= 0.6 is 22.6 Å². The lowest BCUT2D eigenvalue weighted by Gasteiger charge is -2.36. The molecule has 2 amide bonds. The summed E-state index contributed by atoms with van der Waals surface area (Å²) < 4.78 is 6.21. The number of carbonyl (C=O) groups excluding carboxylic acids is 2. The smallest absolute Gasteiger partial charge is 0.251 e. The summed E-state index contributed by atoms with van der Waals surface area (Å²) in [5, 5.41) is 3.05. The first-order valence-electron chi connectivity index (χ1n) is 9.72. The number of carbonyl (C=O) groups is 2. The number of amides is 2. The number of rotatable bonds is 6. The normalized spacial score (nSPS) is 15.9. The Balaban J connectivity index is 1.78. The van der Waals surface area contributed by atoms with Crippen molar-refractivity contribution in [3.63, 3.8) is 0 Å². The first-order chi connectivity index (χ1) is 13.1. The summed E-state index contributed by atoms with van der Waals surface area (Å²) >= 11 is 2.18. The van der Waals surface area contributed by atoms with Gasteiger partial charge in [0.25, 0.3) is 5.91 Å². The van der Waals surface area contributed by atoms with Crippen molar-refractivity contribution >= 4 is 34.4 Å². The van der Waals surface area contributed by atoms with Crippen molar-refractivity contribution in [2.75, 3.05) is 40.3 Å². The molecule has 1 N–H and O–H groups in total. The maximum atomic E-state index is 12.5. The number of hydrogen-bond acceptors (Lipinski definition) is 4. The van der Waals surface area contributed by atoms with E-state index in [0.29, 0.717) is 30.3 Å². The summed E-state index contributed by atoms with van der Waals surface area (Å²) in [6.07, 6.45) is 1.98. The molecular formula is C21H32IN3O3. The summed E-state index contributed by atoms with van der Waals surface area (Å²) in [6, 6.07) is 5.52. The maximum Gasteiger partial charge on any atom is 0.251 e. The zero-order valence-corrected chi connectivity index (χ0v) is 19.7. The fraction of sp³-hybridized carbons (Fsp3) is 0.619. The Morgan fingerprint density at radius 2 is 1.89 bits per heavy atom. The topological polar surface area (TPSA) is 61.9 Å². The molecule has 0 saturated carbocycles. The van der Waals surface area contributed by atoms with Gasteiger partial charge in [-0.3, -0.25) is 14.5 Å². The summed E-state index contributed by atoms with van der Waals surface area (Å²) in [4.78, 5) is 28.9. The summed E-state index contributed by atoms with van der Waals surface area (Å²) in [5.74, 6) is 1.23. The Labute approximate surface area is 182 Å². The van der Waals surface area contributed by atoms with Gasteiger partial charge in [0.15, 0.2) is 0 Å². The van der Waals surface area contributed by atoms with E-state index in [-0.39, 0.29) is 17.4 Å². The number of nitrogens with one attached hydrogen (secondary N) is 1. The lowest BCUT2D eigenvalue weighted by molar-refractivity contribution is -0.135. The first kappa shape index (κ1) is 22.9. The van der Waals surface area contributed by atoms with Gasteiger partial charge in [-0.25, -0.2) is 0 Å². The van der Waals surface area contributed by atoms with Crippen molar-refractivity contribution < 1.29 is 14.3 Å². The zero-order chi connectivity index (χ0) is 20.9. The van der Waals surface area contributed by atoms with Crippen LogP contribution in [0.2, 0.25) is 0 Å². The van der Waals surface area contributed by atoms with Crippen molar-refractivity contribution in [1.29, 1.82) is 0 Å². The Hall–Kier alpha value is -1.35. The fourth-order valence-corrected chi connectivity index (χ4v) is 3.81. The van der Waals surface area contributed by atoms with Crippen LogP contribution in [-0.2, 0) is 4.79 Å². The second-order valence-electron chi connectivity index (χ2n) is 8.43. The van der Waals surface area contributed by atoms with E-state index in [1.807, 2.05) is 44.9 Å². The fourth-order valence-electron chi connectivity index (χ4n) is 3.17. The zero-order valence-electron chi connectivity index (χ0n) is 17.5. The van der Waals surface area contributed by atoms with Crippen molar-refractivity contribution in [2.24, 2.45) is 5.92 Å². The van der Waals surface area contributed by atoms with E-state index >= 15 is 0 Å². The van der Waals surface area contributed by atoms with Gasteiger partial charge in [-0.05, 0) is 93.4 Å². The van der Waals surface area contributed by atoms with Crippen LogP contribution in [0.25, 0.3) is 0 Å². The number of likely N-dealkylation sites (N-methyl/N-ethyl adjacent to an activating group) is 1. The first-order valence-corrected chi connectivity index (χ1v) is 10.8. The van der Waals surface area contributed by atoms with E-state index in [9.17, 15) is 9.59 Å². The number of benzene rings is 1. The number of likely N-dealkylation sites (tertiary alicyclic amines) is 1. The van der Waals surface area contributed by atoms with E-state index in [2.05, 4.69) is 32.8 Å². The van der Waals surface area contributed by atoms with Gasteiger partial charge < -0.3 is 15.0 Å². The molecule has 6 nitrogen and oxygen atoms in total. The lowest BCUT2D eigenvalue weighted by atomic mass is 9.96. The number of ether oxygens (including phenoxy) is 1. The second kappa shape index (κ2) is 9.91. The highest BCUT2D eigenvalue weighted by atomic mass is 127. The van der Waals surface area contributed by atoms with E-state index in [1.165, 1.54) is 0 Å². The predicted molar refractivity (Wildman–Crippen MR) is 120 cm³/mol. The molecule has 0 aromatic heterocycles. The minimum atomic E-state index is -0.155. The quantitative estimate of drug-likeness (QED) is 0.609. The Bertz CT molecular complexity index is 695. The molecule has 0 radical (unpaired) electrons. The van der Waals surface area contributed by atoms with Crippen LogP contribution < -0.4 is 10.1 Å². The minimum absolute atomic E-state index is 0.0683. The Kier molecular flexibility index (Phi) is 8.12. The van der Waals surface area contributed by atoms with Crippen molar-refractivity contribution in [3.05, 3.63) is 27.3 Å². The second-order valence-corrected chi connectivity index (χ2v) is 9.68. The van der Waals surface area contributed by atoms with Gasteiger partial charge in [-0.2, -0.15) is 0 Å². The lowest BCUT2D eigenvalue weighted by Crippen LogP contribution is -2.49. The molecule has 0 bridgehead atoms. The van der Waals surface area contributed by atoms with E-state index < -0.39 is 0 Å². The largest absolute Gasteiger partial charge is 0.497 e. The van der Waals surface area contributed by atoms with Crippen molar-refractivity contribution in [1.82, 2.24) is 15.1 Å². The molecule has 7 heteroatoms. The van der Waals surface area contributed by atoms with Crippen LogP contribution in [0.1, 0.15) is 44.0 Å². The average molecular weight is 501 g/mol. The van der Waals surface area contributed by atoms with Crippen molar-refractivity contribution in [2.45, 2.75) is 39.2 Å². The number of hydrogen-bond donors (Lipinski definition) is 1. The highest BCUT2D eigenvalue weighted by molar-refractivity contribution is 14.1. The van der Waals surface area contributed by atoms with Gasteiger partial charge in [0.1, 0.15) is 5.75 Å². The SMILES string of the molecule is COc1cc(I)cc(C(=O)NCC2CCN(CC(=O)N(C)C(C)(C)C)CC2)c1. The van der Waals surface area contributed by atoms with Crippen LogP contribution in [0, 0.1) is 9.49 Å². The predicted octanol–water partition coefficient (Wildman–Crippen LogP) is 3.00. The molecule has 1 aromatic carbocycles.